The second-order valence-corrected chi connectivity index (χ2v) is 6.73. The van der Waals surface area contributed by atoms with E-state index in [-0.39, 0.29) is 0 Å². The minimum absolute atomic E-state index is 0.746. The molecule has 2 heteroatoms. The third-order valence-electron chi connectivity index (χ3n) is 5.33. The molecule has 2 saturated carbocycles. The fourth-order valence-corrected chi connectivity index (χ4v) is 3.98. The zero-order chi connectivity index (χ0) is 11.8. The lowest BCUT2D eigenvalue weighted by Gasteiger charge is -2.47. The van der Waals surface area contributed by atoms with E-state index in [1.54, 1.807) is 0 Å². The maximum atomic E-state index is 3.77. The predicted molar refractivity (Wildman–Crippen MR) is 72.1 cm³/mol. The van der Waals surface area contributed by atoms with Gasteiger partial charge in [0, 0.05) is 31.2 Å². The lowest BCUT2D eigenvalue weighted by atomic mass is 9.83. The van der Waals surface area contributed by atoms with Gasteiger partial charge in [-0.15, -0.1) is 0 Å². The minimum atomic E-state index is 0.746. The highest BCUT2D eigenvalue weighted by atomic mass is 15.3. The summed E-state index contributed by atoms with van der Waals surface area (Å²) in [6.45, 7) is 7.42. The molecule has 4 unspecified atom stereocenters. The van der Waals surface area contributed by atoms with Crippen LogP contribution < -0.4 is 5.32 Å². The van der Waals surface area contributed by atoms with E-state index in [0.29, 0.717) is 0 Å². The molecule has 3 rings (SSSR count). The summed E-state index contributed by atoms with van der Waals surface area (Å²) in [6.07, 6.45) is 8.77. The molecular formula is C15H28N2. The molecule has 1 saturated heterocycles. The number of nitrogens with zero attached hydrogens (tertiary/aromatic N) is 1. The van der Waals surface area contributed by atoms with Crippen molar-refractivity contribution in [1.29, 1.82) is 0 Å². The molecule has 0 amide bonds. The van der Waals surface area contributed by atoms with Crippen molar-refractivity contribution in [3.63, 3.8) is 0 Å². The largest absolute Gasteiger partial charge is 0.311 e. The first-order chi connectivity index (χ1) is 8.25. The van der Waals surface area contributed by atoms with Crippen molar-refractivity contribution in [2.75, 3.05) is 13.1 Å². The van der Waals surface area contributed by atoms with Gasteiger partial charge in [-0.25, -0.2) is 0 Å². The first-order valence-electron chi connectivity index (χ1n) is 7.75. The average Bonchev–Trinajstić information content (AvgIpc) is 3.15. The van der Waals surface area contributed by atoms with Crippen LogP contribution in [0.5, 0.6) is 0 Å². The Morgan fingerprint density at radius 2 is 1.76 bits per heavy atom. The van der Waals surface area contributed by atoms with Gasteiger partial charge in [0.05, 0.1) is 0 Å². The maximum absolute atomic E-state index is 3.77. The average molecular weight is 236 g/mol. The molecule has 98 valence electrons. The molecule has 1 heterocycles. The van der Waals surface area contributed by atoms with Gasteiger partial charge in [-0.2, -0.15) is 0 Å². The Balaban J connectivity index is 1.65. The summed E-state index contributed by atoms with van der Waals surface area (Å²) in [5, 5.41) is 3.77. The summed E-state index contributed by atoms with van der Waals surface area (Å²) >= 11 is 0. The second kappa shape index (κ2) is 4.89. The predicted octanol–water partition coefficient (Wildman–Crippen LogP) is 2.64. The number of hydrogen-bond donors (Lipinski definition) is 1. The van der Waals surface area contributed by atoms with Crippen LogP contribution in [0, 0.1) is 11.8 Å². The van der Waals surface area contributed by atoms with Crippen LogP contribution in [0.25, 0.3) is 0 Å². The maximum Gasteiger partial charge on any atom is 0.0224 e. The molecule has 0 bridgehead atoms. The Kier molecular flexibility index (Phi) is 3.45. The van der Waals surface area contributed by atoms with E-state index >= 15 is 0 Å². The Labute approximate surface area is 106 Å². The van der Waals surface area contributed by atoms with E-state index < -0.39 is 0 Å². The molecule has 0 aromatic rings. The summed E-state index contributed by atoms with van der Waals surface area (Å²) in [5.74, 6) is 1.92. The van der Waals surface area contributed by atoms with Gasteiger partial charge in [0.2, 0.25) is 0 Å². The first-order valence-corrected chi connectivity index (χ1v) is 7.75. The SMILES string of the molecule is CC1CCCCC1N1CC(C2CC2)NCC1C. The van der Waals surface area contributed by atoms with Crippen molar-refractivity contribution in [3.05, 3.63) is 0 Å². The van der Waals surface area contributed by atoms with Gasteiger partial charge in [0.25, 0.3) is 0 Å². The molecule has 2 nitrogen and oxygen atoms in total. The van der Waals surface area contributed by atoms with Gasteiger partial charge in [0.1, 0.15) is 0 Å². The van der Waals surface area contributed by atoms with Crippen LogP contribution in [0.1, 0.15) is 52.4 Å². The summed E-state index contributed by atoms with van der Waals surface area (Å²) < 4.78 is 0. The van der Waals surface area contributed by atoms with Crippen molar-refractivity contribution >= 4 is 0 Å². The van der Waals surface area contributed by atoms with Gasteiger partial charge in [-0.3, -0.25) is 4.90 Å². The highest BCUT2D eigenvalue weighted by Crippen LogP contribution is 2.36. The van der Waals surface area contributed by atoms with Gasteiger partial charge < -0.3 is 5.32 Å². The van der Waals surface area contributed by atoms with Crippen LogP contribution >= 0.6 is 0 Å². The normalized spacial score (nSPS) is 44.8. The molecule has 0 radical (unpaired) electrons. The summed E-state index contributed by atoms with van der Waals surface area (Å²) in [7, 11) is 0. The molecular weight excluding hydrogens is 208 g/mol. The molecule has 17 heavy (non-hydrogen) atoms. The smallest absolute Gasteiger partial charge is 0.0224 e. The molecule has 0 spiro atoms. The van der Waals surface area contributed by atoms with Crippen molar-refractivity contribution in [2.24, 2.45) is 11.8 Å². The van der Waals surface area contributed by atoms with Crippen LogP contribution in [0.4, 0.5) is 0 Å². The Bertz CT molecular complexity index is 262. The third-order valence-corrected chi connectivity index (χ3v) is 5.33. The topological polar surface area (TPSA) is 15.3 Å². The Morgan fingerprint density at radius 1 is 1.00 bits per heavy atom. The summed E-state index contributed by atoms with van der Waals surface area (Å²) in [6, 6.07) is 2.43. The third kappa shape index (κ3) is 2.53. The minimum Gasteiger partial charge on any atom is -0.311 e. The van der Waals surface area contributed by atoms with E-state index in [2.05, 4.69) is 24.1 Å². The second-order valence-electron chi connectivity index (χ2n) is 6.73. The number of hydrogen-bond acceptors (Lipinski definition) is 2. The standard InChI is InChI=1S/C15H28N2/c1-11-5-3-4-6-15(11)17-10-14(13-7-8-13)16-9-12(17)2/h11-16H,3-10H2,1-2H3. The molecule has 3 aliphatic rings. The number of piperazine rings is 1. The van der Waals surface area contributed by atoms with E-state index in [4.69, 9.17) is 0 Å². The van der Waals surface area contributed by atoms with E-state index in [9.17, 15) is 0 Å². The van der Waals surface area contributed by atoms with Crippen molar-refractivity contribution in [3.8, 4) is 0 Å². The zero-order valence-corrected chi connectivity index (χ0v) is 11.5. The highest BCUT2D eigenvalue weighted by molar-refractivity contribution is 4.96. The number of nitrogens with one attached hydrogen (secondary N) is 1. The van der Waals surface area contributed by atoms with Crippen molar-refractivity contribution in [2.45, 2.75) is 70.5 Å². The highest BCUT2D eigenvalue weighted by Gasteiger charge is 2.39. The lowest BCUT2D eigenvalue weighted by molar-refractivity contribution is 0.0387. The van der Waals surface area contributed by atoms with E-state index in [0.717, 1.165) is 30.0 Å². The molecule has 2 aliphatic carbocycles. The fraction of sp³-hybridized carbons (Fsp3) is 1.00. The monoisotopic (exact) mass is 236 g/mol. The van der Waals surface area contributed by atoms with Crippen molar-refractivity contribution in [1.82, 2.24) is 10.2 Å². The van der Waals surface area contributed by atoms with Gasteiger partial charge in [-0.1, -0.05) is 19.8 Å². The van der Waals surface area contributed by atoms with E-state index in [1.807, 2.05) is 0 Å². The Hall–Kier alpha value is -0.0800. The van der Waals surface area contributed by atoms with Gasteiger partial charge in [-0.05, 0) is 44.4 Å². The van der Waals surface area contributed by atoms with Crippen LogP contribution in [0.15, 0.2) is 0 Å². The van der Waals surface area contributed by atoms with Crippen LogP contribution in [-0.2, 0) is 0 Å². The molecule has 1 aliphatic heterocycles. The fourth-order valence-electron chi connectivity index (χ4n) is 3.98. The molecule has 4 atom stereocenters. The van der Waals surface area contributed by atoms with Crippen LogP contribution in [0.3, 0.4) is 0 Å². The molecule has 0 aromatic heterocycles. The van der Waals surface area contributed by atoms with Gasteiger partial charge >= 0.3 is 0 Å². The van der Waals surface area contributed by atoms with Crippen molar-refractivity contribution < 1.29 is 0 Å². The first kappa shape index (κ1) is 12.0. The lowest BCUT2D eigenvalue weighted by Crippen LogP contribution is -2.60. The van der Waals surface area contributed by atoms with Gasteiger partial charge in [0.15, 0.2) is 0 Å². The molecule has 1 N–H and O–H groups in total. The Morgan fingerprint density at radius 3 is 2.47 bits per heavy atom. The number of rotatable bonds is 2. The quantitative estimate of drug-likeness (QED) is 0.793. The molecule has 3 fully saturated rings. The zero-order valence-electron chi connectivity index (χ0n) is 11.5. The summed E-state index contributed by atoms with van der Waals surface area (Å²) in [4.78, 5) is 2.85. The van der Waals surface area contributed by atoms with Crippen LogP contribution in [-0.4, -0.2) is 36.1 Å². The van der Waals surface area contributed by atoms with E-state index in [1.165, 1.54) is 51.6 Å². The van der Waals surface area contributed by atoms with Crippen LogP contribution in [0.2, 0.25) is 0 Å². The summed E-state index contributed by atoms with van der Waals surface area (Å²) in [5.41, 5.74) is 0. The molecule has 0 aromatic carbocycles.